The first kappa shape index (κ1) is 16.9. The molecule has 0 saturated carbocycles. The second-order valence-electron chi connectivity index (χ2n) is 5.39. The van der Waals surface area contributed by atoms with Gasteiger partial charge in [0, 0.05) is 10.6 Å². The van der Waals surface area contributed by atoms with Crippen molar-refractivity contribution in [1.82, 2.24) is 14.9 Å². The standard InChI is InChI=1S/C17H14Cl2N4S/c1-10-3-4-11(2)12(7-10)9-20-23-16(21-22-17(23)24)14-6-5-13(18)8-15(14)19/h3-9H,1-2H3,(H,22,24)/b20-9-. The Morgan fingerprint density at radius 3 is 2.71 bits per heavy atom. The first-order chi connectivity index (χ1) is 11.5. The van der Waals surface area contributed by atoms with Crippen molar-refractivity contribution in [3.05, 3.63) is 67.9 Å². The Labute approximate surface area is 154 Å². The summed E-state index contributed by atoms with van der Waals surface area (Å²) in [7, 11) is 0. The van der Waals surface area contributed by atoms with Crippen LogP contribution in [0.4, 0.5) is 0 Å². The number of aromatic nitrogens is 3. The van der Waals surface area contributed by atoms with Crippen molar-refractivity contribution in [1.29, 1.82) is 0 Å². The summed E-state index contributed by atoms with van der Waals surface area (Å²) in [5.74, 6) is 0.531. The number of hydrogen-bond acceptors (Lipinski definition) is 3. The van der Waals surface area contributed by atoms with E-state index in [0.717, 1.165) is 11.1 Å². The van der Waals surface area contributed by atoms with Gasteiger partial charge in [-0.3, -0.25) is 0 Å². The smallest absolute Gasteiger partial charge is 0.216 e. The second kappa shape index (κ2) is 6.89. The van der Waals surface area contributed by atoms with Crippen LogP contribution in [0.1, 0.15) is 16.7 Å². The fraction of sp³-hybridized carbons (Fsp3) is 0.118. The van der Waals surface area contributed by atoms with E-state index in [-0.39, 0.29) is 0 Å². The molecule has 1 heterocycles. The largest absolute Gasteiger partial charge is 0.250 e. The van der Waals surface area contributed by atoms with E-state index in [4.69, 9.17) is 35.4 Å². The first-order valence-corrected chi connectivity index (χ1v) is 8.36. The lowest BCUT2D eigenvalue weighted by molar-refractivity contribution is 0.871. The van der Waals surface area contributed by atoms with Gasteiger partial charge in [0.1, 0.15) is 0 Å². The van der Waals surface area contributed by atoms with Crippen LogP contribution in [-0.4, -0.2) is 21.1 Å². The lowest BCUT2D eigenvalue weighted by atomic mass is 10.1. The van der Waals surface area contributed by atoms with E-state index in [2.05, 4.69) is 33.5 Å². The Bertz CT molecular complexity index is 988. The number of nitrogens with one attached hydrogen (secondary N) is 1. The highest BCUT2D eigenvalue weighted by molar-refractivity contribution is 7.71. The fourth-order valence-corrected chi connectivity index (χ4v) is 2.94. The minimum Gasteiger partial charge on any atom is -0.250 e. The maximum Gasteiger partial charge on any atom is 0.216 e. The Morgan fingerprint density at radius 2 is 1.96 bits per heavy atom. The molecule has 0 spiro atoms. The van der Waals surface area contributed by atoms with Gasteiger partial charge < -0.3 is 0 Å². The van der Waals surface area contributed by atoms with Gasteiger partial charge in [-0.2, -0.15) is 14.9 Å². The number of H-pyrrole nitrogens is 1. The highest BCUT2D eigenvalue weighted by atomic mass is 35.5. The maximum atomic E-state index is 6.27. The zero-order chi connectivity index (χ0) is 17.3. The lowest BCUT2D eigenvalue weighted by Crippen LogP contribution is -1.97. The SMILES string of the molecule is Cc1ccc(C)c(/C=N\n2c(-c3ccc(Cl)cc3Cl)n[nH]c2=S)c1. The quantitative estimate of drug-likeness (QED) is 0.490. The van der Waals surface area contributed by atoms with Crippen LogP contribution in [0.5, 0.6) is 0 Å². The van der Waals surface area contributed by atoms with Crippen LogP contribution in [-0.2, 0) is 0 Å². The average Bonchev–Trinajstić information content (AvgIpc) is 2.89. The van der Waals surface area contributed by atoms with Crippen molar-refractivity contribution in [3.63, 3.8) is 0 Å². The van der Waals surface area contributed by atoms with Gasteiger partial charge in [0.15, 0.2) is 5.82 Å². The monoisotopic (exact) mass is 376 g/mol. The van der Waals surface area contributed by atoms with Crippen LogP contribution in [0.15, 0.2) is 41.5 Å². The molecule has 1 aromatic heterocycles. The minimum absolute atomic E-state index is 0.387. The zero-order valence-electron chi connectivity index (χ0n) is 13.0. The number of benzene rings is 2. The molecule has 0 bridgehead atoms. The molecule has 3 rings (SSSR count). The van der Waals surface area contributed by atoms with Gasteiger partial charge in [0.25, 0.3) is 0 Å². The number of aryl methyl sites for hydroxylation is 2. The molecule has 0 aliphatic carbocycles. The summed E-state index contributed by atoms with van der Waals surface area (Å²) in [4.78, 5) is 0. The molecule has 0 aliphatic rings. The number of aromatic amines is 1. The number of rotatable bonds is 3. The van der Waals surface area contributed by atoms with Gasteiger partial charge in [-0.1, -0.05) is 47.0 Å². The lowest BCUT2D eigenvalue weighted by Gasteiger charge is -2.05. The van der Waals surface area contributed by atoms with E-state index < -0.39 is 0 Å². The normalized spacial score (nSPS) is 11.3. The van der Waals surface area contributed by atoms with Crippen molar-refractivity contribution in [3.8, 4) is 11.4 Å². The van der Waals surface area contributed by atoms with E-state index in [1.807, 2.05) is 13.8 Å². The highest BCUT2D eigenvalue weighted by Crippen LogP contribution is 2.29. The van der Waals surface area contributed by atoms with Crippen molar-refractivity contribution in [2.75, 3.05) is 0 Å². The van der Waals surface area contributed by atoms with Gasteiger partial charge in [0.05, 0.1) is 11.2 Å². The number of hydrogen-bond donors (Lipinski definition) is 1. The molecule has 3 aromatic rings. The molecule has 0 atom stereocenters. The predicted molar refractivity (Wildman–Crippen MR) is 102 cm³/mol. The van der Waals surface area contributed by atoms with Crippen molar-refractivity contribution < 1.29 is 0 Å². The minimum atomic E-state index is 0.387. The summed E-state index contributed by atoms with van der Waals surface area (Å²) in [6.07, 6.45) is 1.76. The predicted octanol–water partition coefficient (Wildman–Crippen LogP) is 5.41. The molecule has 4 nitrogen and oxygen atoms in total. The van der Waals surface area contributed by atoms with Gasteiger partial charge in [-0.25, -0.2) is 5.10 Å². The Morgan fingerprint density at radius 1 is 1.17 bits per heavy atom. The van der Waals surface area contributed by atoms with Crippen molar-refractivity contribution in [2.24, 2.45) is 5.10 Å². The topological polar surface area (TPSA) is 46.0 Å². The van der Waals surface area contributed by atoms with Crippen LogP contribution in [0, 0.1) is 18.6 Å². The van der Waals surface area contributed by atoms with E-state index >= 15 is 0 Å². The molecule has 7 heteroatoms. The number of halogens is 2. The molecule has 24 heavy (non-hydrogen) atoms. The van der Waals surface area contributed by atoms with Gasteiger partial charge in [0.2, 0.25) is 4.77 Å². The van der Waals surface area contributed by atoms with Crippen LogP contribution < -0.4 is 0 Å². The molecule has 0 aliphatic heterocycles. The summed E-state index contributed by atoms with van der Waals surface area (Å²) in [5.41, 5.74) is 4.02. The fourth-order valence-electron chi connectivity index (χ4n) is 2.26. The highest BCUT2D eigenvalue weighted by Gasteiger charge is 2.12. The third-order valence-corrected chi connectivity index (χ3v) is 4.38. The van der Waals surface area contributed by atoms with Crippen molar-refractivity contribution in [2.45, 2.75) is 13.8 Å². The summed E-state index contributed by atoms with van der Waals surface area (Å²) in [6.45, 7) is 4.08. The molecule has 0 fully saturated rings. The molecular formula is C17H14Cl2N4S. The molecular weight excluding hydrogens is 363 g/mol. The van der Waals surface area contributed by atoms with Crippen LogP contribution in [0.2, 0.25) is 10.0 Å². The molecule has 1 N–H and O–H groups in total. The molecule has 2 aromatic carbocycles. The Hall–Kier alpha value is -1.95. The van der Waals surface area contributed by atoms with Gasteiger partial charge in [-0.05, 0) is 55.4 Å². The number of nitrogens with zero attached hydrogens (tertiary/aromatic N) is 3. The third kappa shape index (κ3) is 3.43. The summed E-state index contributed by atoms with van der Waals surface area (Å²) in [5, 5.41) is 12.5. The Balaban J connectivity index is 2.06. The summed E-state index contributed by atoms with van der Waals surface area (Å²) in [6, 6.07) is 11.4. The molecule has 0 radical (unpaired) electrons. The zero-order valence-corrected chi connectivity index (χ0v) is 15.4. The van der Waals surface area contributed by atoms with Gasteiger partial charge >= 0.3 is 0 Å². The van der Waals surface area contributed by atoms with Crippen molar-refractivity contribution >= 4 is 41.6 Å². The van der Waals surface area contributed by atoms with E-state index in [9.17, 15) is 0 Å². The Kier molecular flexibility index (Phi) is 4.85. The van der Waals surface area contributed by atoms with E-state index in [0.29, 0.717) is 26.2 Å². The van der Waals surface area contributed by atoms with E-state index in [1.165, 1.54) is 5.56 Å². The van der Waals surface area contributed by atoms with Crippen LogP contribution in [0.25, 0.3) is 11.4 Å². The molecule has 0 saturated heterocycles. The van der Waals surface area contributed by atoms with Crippen LogP contribution in [0.3, 0.4) is 0 Å². The maximum absolute atomic E-state index is 6.27. The summed E-state index contributed by atoms with van der Waals surface area (Å²) >= 11 is 17.5. The third-order valence-electron chi connectivity index (χ3n) is 3.57. The molecule has 0 unspecified atom stereocenters. The van der Waals surface area contributed by atoms with Gasteiger partial charge in [-0.15, -0.1) is 0 Å². The average molecular weight is 377 g/mol. The molecule has 122 valence electrons. The molecule has 0 amide bonds. The second-order valence-corrected chi connectivity index (χ2v) is 6.62. The van der Waals surface area contributed by atoms with Crippen LogP contribution >= 0.6 is 35.4 Å². The summed E-state index contributed by atoms with van der Waals surface area (Å²) < 4.78 is 1.93. The van der Waals surface area contributed by atoms with E-state index in [1.54, 1.807) is 29.1 Å². The first-order valence-electron chi connectivity index (χ1n) is 7.20.